The molecule has 9 aliphatic rings. The number of fused-ring (bicyclic) bond motifs is 6. The number of para-hydroxylation sites is 6. The summed E-state index contributed by atoms with van der Waals surface area (Å²) >= 11 is 0. The van der Waals surface area contributed by atoms with E-state index < -0.39 is 23.9 Å². The molecular weight excluding hydrogens is 1340 g/mol. The zero-order valence-corrected chi connectivity index (χ0v) is 60.8. The van der Waals surface area contributed by atoms with Crippen molar-refractivity contribution in [1.82, 2.24) is 29.7 Å². The molecule has 6 aromatic rings. The minimum atomic E-state index is -1.82. The van der Waals surface area contributed by atoms with E-state index in [1.807, 2.05) is 54.6 Å². The average Bonchev–Trinajstić information content (AvgIpc) is 1.73. The van der Waals surface area contributed by atoms with Crippen LogP contribution in [0.15, 0.2) is 72.8 Å². The van der Waals surface area contributed by atoms with Crippen LogP contribution in [0.3, 0.4) is 0 Å². The normalized spacial score (nSPS) is 17.2. The topological polar surface area (TPSA) is 322 Å². The van der Waals surface area contributed by atoms with Crippen molar-refractivity contribution in [1.29, 1.82) is 0 Å². The third-order valence-electron chi connectivity index (χ3n) is 21.2. The number of carboxylic acids is 4. The summed E-state index contributed by atoms with van der Waals surface area (Å²) in [5, 5.41) is 39.5. The maximum Gasteiger partial charge on any atom is 0.414 e. The van der Waals surface area contributed by atoms with Gasteiger partial charge in [-0.2, -0.15) is 0 Å². The van der Waals surface area contributed by atoms with Gasteiger partial charge in [0, 0.05) is 113 Å². The van der Waals surface area contributed by atoms with Gasteiger partial charge in [-0.1, -0.05) is 36.4 Å². The van der Waals surface area contributed by atoms with E-state index in [1.54, 1.807) is 21.3 Å². The molecule has 6 aliphatic carbocycles. The molecule has 3 aliphatic heterocycles. The Morgan fingerprint density at radius 3 is 0.752 bits per heavy atom. The number of aryl methyl sites for hydroxylation is 6. The molecule has 6 heterocycles. The fourth-order valence-electron chi connectivity index (χ4n) is 16.0. The first-order valence-corrected chi connectivity index (χ1v) is 37.2. The van der Waals surface area contributed by atoms with Gasteiger partial charge < -0.3 is 65.3 Å². The number of hydrogen-bond donors (Lipinski definition) is 7. The van der Waals surface area contributed by atoms with Gasteiger partial charge in [0.2, 0.25) is 17.7 Å². The standard InChI is InChI=1S/3C25H32N4O2.2C2H2O4/c3*1-31-23-12-5-4-11-22(23)29-15-13-28(14-16-29)17-24(30)27-25-18-7-2-3-9-20(18)26-21-10-6-8-19(21)25;2*3-1(4)2(5)6/h3*4-5,11-12H,2-3,6-10,13-17H2,1H3,(H,26,27,30);2*(H,3,4)(H,5,6). The Balaban J connectivity index is 0.000000146. The first-order valence-electron chi connectivity index (χ1n) is 37.2. The predicted molar refractivity (Wildman–Crippen MR) is 400 cm³/mol. The molecule has 3 saturated heterocycles. The summed E-state index contributed by atoms with van der Waals surface area (Å²) in [7, 11) is 5.15. The van der Waals surface area contributed by atoms with E-state index in [-0.39, 0.29) is 17.7 Å². The summed E-state index contributed by atoms with van der Waals surface area (Å²) in [5.74, 6) is -4.24. The lowest BCUT2D eigenvalue weighted by molar-refractivity contribution is -0.159. The summed E-state index contributed by atoms with van der Waals surface area (Å²) in [4.78, 5) is 104. The van der Waals surface area contributed by atoms with E-state index >= 15 is 0 Å². The monoisotopic (exact) mass is 1440 g/mol. The number of nitrogens with zero attached hydrogens (tertiary/aromatic N) is 9. The molecule has 0 bridgehead atoms. The molecule has 26 nitrogen and oxygen atoms in total. The van der Waals surface area contributed by atoms with Crippen LogP contribution in [0.1, 0.15) is 125 Å². The van der Waals surface area contributed by atoms with Crippen molar-refractivity contribution in [3.8, 4) is 17.2 Å². The first kappa shape index (κ1) is 76.2. The second kappa shape index (κ2) is 36.7. The number of rotatable bonds is 15. The van der Waals surface area contributed by atoms with E-state index in [0.29, 0.717) is 19.6 Å². The van der Waals surface area contributed by atoms with Crippen molar-refractivity contribution in [3.63, 3.8) is 0 Å². The fourth-order valence-corrected chi connectivity index (χ4v) is 16.0. The SMILES string of the molecule is COc1ccccc1N1CCN(CC(=O)Nc2c3c(nc4c2CCC4)CCCC3)CC1.COc1ccccc1N1CCN(CC(=O)Nc2c3c(nc4c2CCC4)CCCC3)CC1.COc1ccccc1N1CCN(CC(=O)Nc2c3c(nc4c2CCC4)CCCC3)CC1.O=C(O)C(=O)O.O=C(O)C(=O)O. The number of hydrogen-bond acceptors (Lipinski definition) is 19. The second-order valence-corrected chi connectivity index (χ2v) is 27.9. The summed E-state index contributed by atoms with van der Waals surface area (Å²) in [5.41, 5.74) is 21.9. The van der Waals surface area contributed by atoms with Crippen LogP contribution in [-0.4, -0.2) is 211 Å². The molecule has 0 unspecified atom stereocenters. The highest BCUT2D eigenvalue weighted by Gasteiger charge is 2.32. The molecule has 560 valence electrons. The van der Waals surface area contributed by atoms with Crippen molar-refractivity contribution >= 4 is 75.7 Å². The average molecular weight is 1440 g/mol. The molecule has 0 spiro atoms. The van der Waals surface area contributed by atoms with Crippen LogP contribution in [-0.2, 0) is 111 Å². The zero-order chi connectivity index (χ0) is 73.9. The number of aromatic nitrogens is 3. The van der Waals surface area contributed by atoms with Crippen molar-refractivity contribution in [3.05, 3.63) is 140 Å². The quantitative estimate of drug-likeness (QED) is 0.0479. The maximum absolute atomic E-state index is 13.0. The van der Waals surface area contributed by atoms with Gasteiger partial charge in [0.15, 0.2) is 0 Å². The van der Waals surface area contributed by atoms with Crippen LogP contribution < -0.4 is 44.9 Å². The summed E-state index contributed by atoms with van der Waals surface area (Å²) in [6.07, 6.45) is 23.3. The number of carbonyl (C=O) groups excluding carboxylic acids is 3. The second-order valence-electron chi connectivity index (χ2n) is 27.9. The number of amides is 3. The number of aliphatic carboxylic acids is 4. The van der Waals surface area contributed by atoms with Gasteiger partial charge in [0.1, 0.15) is 17.2 Å². The Kier molecular flexibility index (Phi) is 26.6. The minimum absolute atomic E-state index is 0.110. The molecule has 26 heteroatoms. The van der Waals surface area contributed by atoms with Crippen LogP contribution in [0.25, 0.3) is 0 Å². The van der Waals surface area contributed by atoms with Crippen LogP contribution >= 0.6 is 0 Å². The van der Waals surface area contributed by atoms with E-state index in [0.717, 1.165) is 226 Å². The summed E-state index contributed by atoms with van der Waals surface area (Å²) in [6.45, 7) is 12.0. The van der Waals surface area contributed by atoms with Crippen molar-refractivity contribution in [2.24, 2.45) is 0 Å². The molecule has 0 atom stereocenters. The summed E-state index contributed by atoms with van der Waals surface area (Å²) in [6, 6.07) is 24.5. The van der Waals surface area contributed by atoms with E-state index in [1.165, 1.54) is 106 Å². The minimum Gasteiger partial charge on any atom is -0.495 e. The van der Waals surface area contributed by atoms with Gasteiger partial charge >= 0.3 is 23.9 Å². The third-order valence-corrected chi connectivity index (χ3v) is 21.2. The number of ether oxygens (including phenoxy) is 3. The molecule has 15 rings (SSSR count). The van der Waals surface area contributed by atoms with Gasteiger partial charge in [0.05, 0.1) is 75.1 Å². The number of pyridine rings is 3. The Labute approximate surface area is 613 Å². The van der Waals surface area contributed by atoms with Crippen LogP contribution in [0.5, 0.6) is 17.2 Å². The molecule has 7 N–H and O–H groups in total. The number of anilines is 6. The lowest BCUT2D eigenvalue weighted by atomic mass is 9.92. The molecule has 3 amide bonds. The number of benzene rings is 3. The third kappa shape index (κ3) is 19.5. The van der Waals surface area contributed by atoms with Gasteiger partial charge in [-0.05, 0) is 205 Å². The smallest absolute Gasteiger partial charge is 0.414 e. The van der Waals surface area contributed by atoms with Gasteiger partial charge in [-0.25, -0.2) is 19.2 Å². The van der Waals surface area contributed by atoms with Crippen molar-refractivity contribution in [2.45, 2.75) is 135 Å². The molecule has 0 radical (unpaired) electrons. The van der Waals surface area contributed by atoms with Crippen LogP contribution in [0, 0.1) is 0 Å². The highest BCUT2D eigenvalue weighted by atomic mass is 16.5. The number of methoxy groups -OCH3 is 3. The van der Waals surface area contributed by atoms with E-state index in [9.17, 15) is 14.4 Å². The highest BCUT2D eigenvalue weighted by Crippen LogP contribution is 2.40. The Morgan fingerprint density at radius 1 is 0.314 bits per heavy atom. The summed E-state index contributed by atoms with van der Waals surface area (Å²) < 4.78 is 16.5. The van der Waals surface area contributed by atoms with E-state index in [2.05, 4.69) is 63.5 Å². The molecule has 0 saturated carbocycles. The van der Waals surface area contributed by atoms with Gasteiger partial charge in [0.25, 0.3) is 0 Å². The number of carboxylic acid groups (broad SMARTS) is 4. The fraction of sp³-hybridized carbons (Fsp3) is 0.494. The lowest BCUT2D eigenvalue weighted by Gasteiger charge is -2.36. The molecule has 105 heavy (non-hydrogen) atoms. The largest absolute Gasteiger partial charge is 0.495 e. The van der Waals surface area contributed by atoms with E-state index in [4.69, 9.17) is 68.8 Å². The van der Waals surface area contributed by atoms with Crippen LogP contribution in [0.2, 0.25) is 0 Å². The molecule has 3 aromatic carbocycles. The predicted octanol–water partition coefficient (Wildman–Crippen LogP) is 7.97. The zero-order valence-electron chi connectivity index (χ0n) is 60.8. The highest BCUT2D eigenvalue weighted by molar-refractivity contribution is 6.28. The number of carbonyl (C=O) groups is 7. The Morgan fingerprint density at radius 2 is 0.524 bits per heavy atom. The van der Waals surface area contributed by atoms with Crippen LogP contribution in [0.4, 0.5) is 34.1 Å². The van der Waals surface area contributed by atoms with Gasteiger partial charge in [-0.15, -0.1) is 0 Å². The van der Waals surface area contributed by atoms with Crippen molar-refractivity contribution in [2.75, 3.05) is 150 Å². The Hall–Kier alpha value is -9.92. The lowest BCUT2D eigenvalue weighted by Crippen LogP contribution is -2.48. The first-order chi connectivity index (χ1) is 51.0. The Bertz CT molecular complexity index is 3690. The maximum atomic E-state index is 13.0. The van der Waals surface area contributed by atoms with Crippen molar-refractivity contribution < 1.29 is 68.2 Å². The van der Waals surface area contributed by atoms with Gasteiger partial charge in [-0.3, -0.25) is 44.0 Å². The number of nitrogens with one attached hydrogen (secondary N) is 3. The molecule has 3 aromatic heterocycles. The number of piperazine rings is 3. The molecular formula is C79H100N12O14. The molecule has 3 fully saturated rings.